The molecule has 1 amide bonds. The molecule has 0 spiro atoms. The van der Waals surface area contributed by atoms with Gasteiger partial charge in [-0.3, -0.25) is 9.36 Å². The van der Waals surface area contributed by atoms with Gasteiger partial charge in [-0.25, -0.2) is 15.0 Å². The topological polar surface area (TPSA) is 151 Å². The fourth-order valence-electron chi connectivity index (χ4n) is 3.09. The lowest BCUT2D eigenvalue weighted by Crippen LogP contribution is -2.23. The molecule has 1 saturated heterocycles. The number of ether oxygens (including phenoxy) is 1. The number of carbonyl (C=O) groups excluding carboxylic acids is 1. The first-order valence-electron chi connectivity index (χ1n) is 8.55. The lowest BCUT2D eigenvalue weighted by atomic mass is 10.2. The predicted molar refractivity (Wildman–Crippen MR) is 98.3 cm³/mol. The number of rotatable bonds is 5. The van der Waals surface area contributed by atoms with E-state index in [0.717, 1.165) is 0 Å². The number of aliphatic hydroxyl groups excluding tert-OH is 1. The standard InChI is InChI=1S/C17H16N8O3/c18-24-22-7-12-11(26)6-13(28-12)25-9-21-14-15(19-8-20-16(14)25)23-17(27)10-4-2-1-3-5-10/h1-5,8-9,11-13,26H,6-7H2,(H,19,20,23,27)/t11-,12+,13+/m0/s1. The summed E-state index contributed by atoms with van der Waals surface area (Å²) in [6, 6.07) is 8.77. The molecular weight excluding hydrogens is 364 g/mol. The van der Waals surface area contributed by atoms with E-state index in [1.165, 1.54) is 12.7 Å². The Hall–Kier alpha value is -3.53. The summed E-state index contributed by atoms with van der Waals surface area (Å²) in [7, 11) is 0. The molecule has 11 nitrogen and oxygen atoms in total. The number of nitrogens with zero attached hydrogens (tertiary/aromatic N) is 7. The van der Waals surface area contributed by atoms with Gasteiger partial charge in [0.2, 0.25) is 0 Å². The number of amides is 1. The lowest BCUT2D eigenvalue weighted by molar-refractivity contribution is -0.0114. The maximum Gasteiger partial charge on any atom is 0.256 e. The van der Waals surface area contributed by atoms with Crippen molar-refractivity contribution in [2.75, 3.05) is 11.9 Å². The number of fused-ring (bicyclic) bond motifs is 1. The van der Waals surface area contributed by atoms with Crippen LogP contribution in [0.2, 0.25) is 0 Å². The van der Waals surface area contributed by atoms with Crippen molar-refractivity contribution in [1.82, 2.24) is 19.5 Å². The molecule has 0 aliphatic carbocycles. The second-order valence-electron chi connectivity index (χ2n) is 6.21. The molecule has 3 heterocycles. The van der Waals surface area contributed by atoms with Crippen molar-refractivity contribution < 1.29 is 14.6 Å². The van der Waals surface area contributed by atoms with Crippen molar-refractivity contribution in [2.45, 2.75) is 24.9 Å². The van der Waals surface area contributed by atoms with E-state index < -0.39 is 18.4 Å². The minimum absolute atomic E-state index is 0.0359. The summed E-state index contributed by atoms with van der Waals surface area (Å²) in [4.78, 5) is 27.7. The highest BCUT2D eigenvalue weighted by atomic mass is 16.5. The van der Waals surface area contributed by atoms with Crippen LogP contribution in [0.25, 0.3) is 21.6 Å². The van der Waals surface area contributed by atoms with Gasteiger partial charge in [-0.05, 0) is 17.7 Å². The van der Waals surface area contributed by atoms with Crippen LogP contribution >= 0.6 is 0 Å². The molecule has 11 heteroatoms. The zero-order valence-corrected chi connectivity index (χ0v) is 14.6. The van der Waals surface area contributed by atoms with E-state index in [2.05, 4.69) is 30.3 Å². The minimum Gasteiger partial charge on any atom is -0.390 e. The van der Waals surface area contributed by atoms with Crippen LogP contribution in [-0.2, 0) is 4.74 Å². The smallest absolute Gasteiger partial charge is 0.256 e. The summed E-state index contributed by atoms with van der Waals surface area (Å²) in [5.41, 5.74) is 9.80. The van der Waals surface area contributed by atoms with E-state index in [1.54, 1.807) is 28.8 Å². The molecule has 2 N–H and O–H groups in total. The number of carbonyl (C=O) groups is 1. The molecule has 0 bridgehead atoms. The van der Waals surface area contributed by atoms with E-state index in [0.29, 0.717) is 23.1 Å². The van der Waals surface area contributed by atoms with Crippen molar-refractivity contribution in [3.8, 4) is 0 Å². The Bertz CT molecular complexity index is 1050. The van der Waals surface area contributed by atoms with Crippen LogP contribution in [0.15, 0.2) is 48.1 Å². The average Bonchev–Trinajstić information content (AvgIpc) is 3.31. The zero-order valence-electron chi connectivity index (χ0n) is 14.6. The monoisotopic (exact) mass is 380 g/mol. The second-order valence-corrected chi connectivity index (χ2v) is 6.21. The van der Waals surface area contributed by atoms with Crippen LogP contribution in [0.3, 0.4) is 0 Å². The second kappa shape index (κ2) is 7.61. The van der Waals surface area contributed by atoms with Gasteiger partial charge in [0.1, 0.15) is 12.6 Å². The van der Waals surface area contributed by atoms with Gasteiger partial charge >= 0.3 is 0 Å². The summed E-state index contributed by atoms with van der Waals surface area (Å²) in [6.45, 7) is 0.0359. The van der Waals surface area contributed by atoms with Crippen LogP contribution < -0.4 is 5.32 Å². The Morgan fingerprint density at radius 2 is 2.18 bits per heavy atom. The third-order valence-electron chi connectivity index (χ3n) is 4.47. The molecule has 3 aromatic rings. The summed E-state index contributed by atoms with van der Waals surface area (Å²) in [5, 5.41) is 16.3. The highest BCUT2D eigenvalue weighted by Gasteiger charge is 2.35. The predicted octanol–water partition coefficient (Wildman–Crippen LogP) is 2.04. The van der Waals surface area contributed by atoms with Gasteiger partial charge in [0, 0.05) is 16.9 Å². The fourth-order valence-corrected chi connectivity index (χ4v) is 3.09. The first kappa shape index (κ1) is 17.9. The maximum absolute atomic E-state index is 12.4. The number of anilines is 1. The van der Waals surface area contributed by atoms with E-state index >= 15 is 0 Å². The van der Waals surface area contributed by atoms with Gasteiger partial charge in [0.05, 0.1) is 25.1 Å². The van der Waals surface area contributed by atoms with Crippen molar-refractivity contribution >= 4 is 22.9 Å². The number of aliphatic hydroxyl groups is 1. The SMILES string of the molecule is [N-]=[N+]=NC[C@H]1O[C@@H](n2cnc3c(NC(=O)c4ccccc4)ncnc32)C[C@@H]1O. The number of benzene rings is 1. The number of nitrogens with one attached hydrogen (secondary N) is 1. The third-order valence-corrected chi connectivity index (χ3v) is 4.47. The highest BCUT2D eigenvalue weighted by Crippen LogP contribution is 2.32. The number of hydrogen-bond donors (Lipinski definition) is 2. The van der Waals surface area contributed by atoms with E-state index in [4.69, 9.17) is 10.3 Å². The highest BCUT2D eigenvalue weighted by molar-refractivity contribution is 6.06. The molecule has 4 rings (SSSR count). The van der Waals surface area contributed by atoms with E-state index in [-0.39, 0.29) is 18.3 Å². The van der Waals surface area contributed by atoms with Gasteiger partial charge in [-0.2, -0.15) is 0 Å². The molecule has 28 heavy (non-hydrogen) atoms. The molecule has 1 aliphatic heterocycles. The quantitative estimate of drug-likeness (QED) is 0.393. The van der Waals surface area contributed by atoms with E-state index in [9.17, 15) is 9.90 Å². The fraction of sp³-hybridized carbons (Fsp3) is 0.294. The van der Waals surface area contributed by atoms with E-state index in [1.807, 2.05) is 6.07 Å². The summed E-state index contributed by atoms with van der Waals surface area (Å²) in [6.07, 6.45) is 1.25. The van der Waals surface area contributed by atoms with Gasteiger partial charge in [-0.15, -0.1) is 0 Å². The minimum atomic E-state index is -0.771. The van der Waals surface area contributed by atoms with Crippen molar-refractivity contribution in [3.05, 3.63) is 59.0 Å². The normalized spacial score (nSPS) is 21.4. The van der Waals surface area contributed by atoms with Crippen molar-refractivity contribution in [3.63, 3.8) is 0 Å². The van der Waals surface area contributed by atoms with Crippen LogP contribution in [0.4, 0.5) is 5.82 Å². The molecule has 2 aromatic heterocycles. The van der Waals surface area contributed by atoms with Gasteiger partial charge in [-0.1, -0.05) is 23.3 Å². The average molecular weight is 380 g/mol. The Labute approximate surface area is 158 Å². The Kier molecular flexibility index (Phi) is 4.85. The van der Waals surface area contributed by atoms with Gasteiger partial charge in [0.25, 0.3) is 5.91 Å². The molecule has 3 atom stereocenters. The van der Waals surface area contributed by atoms with Crippen molar-refractivity contribution in [2.24, 2.45) is 5.11 Å². The Balaban J connectivity index is 1.59. The first-order valence-corrected chi connectivity index (χ1v) is 8.55. The van der Waals surface area contributed by atoms with Crippen LogP contribution in [0.1, 0.15) is 23.0 Å². The molecule has 1 aromatic carbocycles. The molecule has 1 fully saturated rings. The van der Waals surface area contributed by atoms with Gasteiger partial charge in [0.15, 0.2) is 17.0 Å². The zero-order chi connectivity index (χ0) is 19.5. The molecule has 142 valence electrons. The Morgan fingerprint density at radius 3 is 2.96 bits per heavy atom. The Morgan fingerprint density at radius 1 is 1.36 bits per heavy atom. The summed E-state index contributed by atoms with van der Waals surface area (Å²) < 4.78 is 7.44. The number of aromatic nitrogens is 4. The summed E-state index contributed by atoms with van der Waals surface area (Å²) in [5.74, 6) is -0.0288. The molecule has 1 aliphatic rings. The third kappa shape index (κ3) is 3.37. The van der Waals surface area contributed by atoms with Crippen LogP contribution in [0.5, 0.6) is 0 Å². The first-order chi connectivity index (χ1) is 13.7. The number of imidazole rings is 1. The summed E-state index contributed by atoms with van der Waals surface area (Å²) >= 11 is 0. The molecule has 0 saturated carbocycles. The number of hydrogen-bond acceptors (Lipinski definition) is 7. The number of azide groups is 1. The lowest BCUT2D eigenvalue weighted by Gasteiger charge is -2.14. The van der Waals surface area contributed by atoms with Crippen molar-refractivity contribution in [1.29, 1.82) is 0 Å². The molecular formula is C17H16N8O3. The molecule has 0 unspecified atom stereocenters. The van der Waals surface area contributed by atoms with Crippen LogP contribution in [-0.4, -0.2) is 49.3 Å². The van der Waals surface area contributed by atoms with Crippen LogP contribution in [0, 0.1) is 0 Å². The largest absolute Gasteiger partial charge is 0.390 e. The molecule has 0 radical (unpaired) electrons. The maximum atomic E-state index is 12.4. The van der Waals surface area contributed by atoms with Gasteiger partial charge < -0.3 is 15.2 Å².